The minimum absolute atomic E-state index is 0.0973. The van der Waals surface area contributed by atoms with Crippen LogP contribution in [0.4, 0.5) is 0 Å². The fourth-order valence-electron chi connectivity index (χ4n) is 2.79. The van der Waals surface area contributed by atoms with Crippen LogP contribution in [0.2, 0.25) is 0 Å². The highest BCUT2D eigenvalue weighted by Crippen LogP contribution is 2.34. The predicted octanol–water partition coefficient (Wildman–Crippen LogP) is 4.18. The molecule has 146 valence electrons. The number of rotatable bonds is 8. The third kappa shape index (κ3) is 4.52. The molecule has 0 spiro atoms. The molecule has 1 N–H and O–H groups in total. The Kier molecular flexibility index (Phi) is 6.32. The van der Waals surface area contributed by atoms with Crippen LogP contribution in [0.5, 0.6) is 5.75 Å². The fourth-order valence-corrected chi connectivity index (χ4v) is 2.79. The summed E-state index contributed by atoms with van der Waals surface area (Å²) in [6.45, 7) is 2.56. The van der Waals surface area contributed by atoms with Gasteiger partial charge in [-0.3, -0.25) is 4.79 Å². The van der Waals surface area contributed by atoms with Crippen molar-refractivity contribution < 1.29 is 23.5 Å². The van der Waals surface area contributed by atoms with Gasteiger partial charge in [0.2, 0.25) is 0 Å². The standard InChI is InChI=1S/C22H23NO5/c1-3-4-11-23-22(25)15-9-10-18-16(12-15)13-20(28-18)17-7-5-6-8-19(17)27-14-21(24)26-2/h5-10,12-13H,3-4,11,14H2,1-2H3,(H,23,25). The van der Waals surface area contributed by atoms with Crippen LogP contribution in [0.25, 0.3) is 22.3 Å². The van der Waals surface area contributed by atoms with Crippen LogP contribution in [0.3, 0.4) is 0 Å². The summed E-state index contributed by atoms with van der Waals surface area (Å²) in [5.41, 5.74) is 1.98. The average Bonchev–Trinajstić information content (AvgIpc) is 3.15. The second-order valence-electron chi connectivity index (χ2n) is 6.33. The molecule has 0 bridgehead atoms. The van der Waals surface area contributed by atoms with E-state index in [-0.39, 0.29) is 12.5 Å². The second kappa shape index (κ2) is 9.08. The van der Waals surface area contributed by atoms with Gasteiger partial charge in [0.05, 0.1) is 12.7 Å². The second-order valence-corrected chi connectivity index (χ2v) is 6.33. The SMILES string of the molecule is CCCCNC(=O)c1ccc2oc(-c3ccccc3OCC(=O)OC)cc2c1. The van der Waals surface area contributed by atoms with Gasteiger partial charge >= 0.3 is 5.97 Å². The van der Waals surface area contributed by atoms with Crippen molar-refractivity contribution in [3.63, 3.8) is 0 Å². The van der Waals surface area contributed by atoms with Crippen molar-refractivity contribution in [2.45, 2.75) is 19.8 Å². The van der Waals surface area contributed by atoms with Crippen molar-refractivity contribution in [1.29, 1.82) is 0 Å². The van der Waals surface area contributed by atoms with Gasteiger partial charge in [-0.2, -0.15) is 0 Å². The van der Waals surface area contributed by atoms with E-state index in [0.29, 0.717) is 29.2 Å². The molecule has 0 aliphatic heterocycles. The van der Waals surface area contributed by atoms with Crippen molar-refractivity contribution in [1.82, 2.24) is 5.32 Å². The number of benzene rings is 2. The van der Waals surface area contributed by atoms with Crippen LogP contribution in [-0.2, 0) is 9.53 Å². The number of carbonyl (C=O) groups is 2. The van der Waals surface area contributed by atoms with Crippen molar-refractivity contribution in [3.8, 4) is 17.1 Å². The summed E-state index contributed by atoms with van der Waals surface area (Å²) in [6.07, 6.45) is 1.98. The number of hydrogen-bond acceptors (Lipinski definition) is 5. The number of ether oxygens (including phenoxy) is 2. The minimum Gasteiger partial charge on any atom is -0.481 e. The number of nitrogens with one attached hydrogen (secondary N) is 1. The molecule has 2 aromatic carbocycles. The molecule has 0 aliphatic rings. The van der Waals surface area contributed by atoms with Crippen LogP contribution in [0, 0.1) is 0 Å². The van der Waals surface area contributed by atoms with Gasteiger partial charge < -0.3 is 19.2 Å². The Morgan fingerprint density at radius 3 is 2.71 bits per heavy atom. The highest BCUT2D eigenvalue weighted by Gasteiger charge is 2.14. The lowest BCUT2D eigenvalue weighted by Gasteiger charge is -2.08. The average molecular weight is 381 g/mol. The van der Waals surface area contributed by atoms with Gasteiger partial charge in [-0.25, -0.2) is 4.79 Å². The molecule has 28 heavy (non-hydrogen) atoms. The lowest BCUT2D eigenvalue weighted by atomic mass is 10.1. The minimum atomic E-state index is -0.460. The lowest BCUT2D eigenvalue weighted by molar-refractivity contribution is -0.142. The van der Waals surface area contributed by atoms with Gasteiger partial charge in [0.25, 0.3) is 5.91 Å². The quantitative estimate of drug-likeness (QED) is 0.468. The number of furan rings is 1. The van der Waals surface area contributed by atoms with Gasteiger partial charge in [-0.1, -0.05) is 25.5 Å². The summed E-state index contributed by atoms with van der Waals surface area (Å²) in [6, 6.07) is 14.5. The molecule has 3 aromatic rings. The molecule has 0 atom stereocenters. The molecule has 6 nitrogen and oxygen atoms in total. The monoisotopic (exact) mass is 381 g/mol. The van der Waals surface area contributed by atoms with E-state index in [1.54, 1.807) is 18.2 Å². The molecule has 1 aromatic heterocycles. The predicted molar refractivity (Wildman–Crippen MR) is 106 cm³/mol. The zero-order valence-corrected chi connectivity index (χ0v) is 16.0. The highest BCUT2D eigenvalue weighted by atomic mass is 16.6. The summed E-state index contributed by atoms with van der Waals surface area (Å²) < 4.78 is 16.1. The van der Waals surface area contributed by atoms with E-state index < -0.39 is 5.97 Å². The summed E-state index contributed by atoms with van der Waals surface area (Å²) in [5.74, 6) is 0.557. The molecule has 0 saturated heterocycles. The van der Waals surface area contributed by atoms with Crippen molar-refractivity contribution in [3.05, 3.63) is 54.1 Å². The van der Waals surface area contributed by atoms with E-state index in [1.165, 1.54) is 7.11 Å². The first kappa shape index (κ1) is 19.5. The largest absolute Gasteiger partial charge is 0.481 e. The van der Waals surface area contributed by atoms with E-state index in [0.717, 1.165) is 23.8 Å². The summed E-state index contributed by atoms with van der Waals surface area (Å²) in [7, 11) is 1.31. The van der Waals surface area contributed by atoms with Gasteiger partial charge in [0.15, 0.2) is 6.61 Å². The molecule has 0 unspecified atom stereocenters. The number of esters is 1. The van der Waals surface area contributed by atoms with Crippen molar-refractivity contribution in [2.24, 2.45) is 0 Å². The zero-order valence-electron chi connectivity index (χ0n) is 16.0. The number of amides is 1. The van der Waals surface area contributed by atoms with Gasteiger partial charge in [0, 0.05) is 17.5 Å². The smallest absolute Gasteiger partial charge is 0.343 e. The Morgan fingerprint density at radius 1 is 1.11 bits per heavy atom. The maximum Gasteiger partial charge on any atom is 0.343 e. The Morgan fingerprint density at radius 2 is 1.93 bits per heavy atom. The summed E-state index contributed by atoms with van der Waals surface area (Å²) in [4.78, 5) is 23.6. The van der Waals surface area contributed by atoms with Crippen LogP contribution < -0.4 is 10.1 Å². The fraction of sp³-hybridized carbons (Fsp3) is 0.273. The van der Waals surface area contributed by atoms with Gasteiger partial charge in [-0.05, 0) is 42.8 Å². The number of para-hydroxylation sites is 1. The molecular weight excluding hydrogens is 358 g/mol. The van der Waals surface area contributed by atoms with E-state index in [1.807, 2.05) is 30.3 Å². The lowest BCUT2D eigenvalue weighted by Crippen LogP contribution is -2.24. The Bertz CT molecular complexity index is 976. The van der Waals surface area contributed by atoms with Crippen LogP contribution in [-0.4, -0.2) is 32.1 Å². The third-order valence-corrected chi connectivity index (χ3v) is 4.32. The normalized spacial score (nSPS) is 10.6. The molecule has 1 amide bonds. The first-order chi connectivity index (χ1) is 13.6. The van der Waals surface area contributed by atoms with E-state index in [2.05, 4.69) is 17.0 Å². The van der Waals surface area contributed by atoms with Crippen LogP contribution in [0.15, 0.2) is 52.9 Å². The first-order valence-corrected chi connectivity index (χ1v) is 9.23. The summed E-state index contributed by atoms with van der Waals surface area (Å²) in [5, 5.41) is 3.73. The number of unbranched alkanes of at least 4 members (excludes halogenated alkanes) is 1. The van der Waals surface area contributed by atoms with Gasteiger partial charge in [0.1, 0.15) is 17.1 Å². The zero-order chi connectivity index (χ0) is 19.9. The Labute approximate surface area is 163 Å². The Balaban J connectivity index is 1.85. The van der Waals surface area contributed by atoms with E-state index in [4.69, 9.17) is 9.15 Å². The van der Waals surface area contributed by atoms with Crippen LogP contribution >= 0.6 is 0 Å². The maximum absolute atomic E-state index is 12.3. The van der Waals surface area contributed by atoms with Gasteiger partial charge in [-0.15, -0.1) is 0 Å². The molecule has 0 radical (unpaired) electrons. The molecule has 6 heteroatoms. The first-order valence-electron chi connectivity index (χ1n) is 9.23. The maximum atomic E-state index is 12.3. The topological polar surface area (TPSA) is 77.8 Å². The highest BCUT2D eigenvalue weighted by molar-refractivity contribution is 5.98. The third-order valence-electron chi connectivity index (χ3n) is 4.32. The molecular formula is C22H23NO5. The molecule has 1 heterocycles. The molecule has 0 fully saturated rings. The number of carbonyl (C=O) groups excluding carboxylic acids is 2. The summed E-state index contributed by atoms with van der Waals surface area (Å²) >= 11 is 0. The molecule has 0 saturated carbocycles. The van der Waals surface area contributed by atoms with Crippen molar-refractivity contribution in [2.75, 3.05) is 20.3 Å². The number of hydrogen-bond donors (Lipinski definition) is 1. The van der Waals surface area contributed by atoms with E-state index >= 15 is 0 Å². The molecule has 0 aliphatic carbocycles. The number of fused-ring (bicyclic) bond motifs is 1. The van der Waals surface area contributed by atoms with E-state index in [9.17, 15) is 9.59 Å². The van der Waals surface area contributed by atoms with Crippen LogP contribution in [0.1, 0.15) is 30.1 Å². The Hall–Kier alpha value is -3.28. The van der Waals surface area contributed by atoms with Crippen molar-refractivity contribution >= 4 is 22.8 Å². The number of methoxy groups -OCH3 is 1. The molecule has 3 rings (SSSR count).